The number of amides is 3. The minimum Gasteiger partial charge on any atom is -0.325 e. The third-order valence-corrected chi connectivity index (χ3v) is 4.35. The van der Waals surface area contributed by atoms with Crippen molar-refractivity contribution in [2.75, 3.05) is 5.32 Å². The van der Waals surface area contributed by atoms with E-state index in [0.717, 1.165) is 12.8 Å². The molecule has 0 radical (unpaired) electrons. The highest BCUT2D eigenvalue weighted by Crippen LogP contribution is 2.27. The van der Waals surface area contributed by atoms with E-state index >= 15 is 0 Å². The molecule has 130 valence electrons. The maximum absolute atomic E-state index is 11.8. The molecule has 0 aliphatic heterocycles. The third kappa shape index (κ3) is 6.20. The van der Waals surface area contributed by atoms with E-state index in [2.05, 4.69) is 16.2 Å². The van der Waals surface area contributed by atoms with Crippen molar-refractivity contribution in [1.29, 1.82) is 0 Å². The number of carbonyl (C=O) groups excluding carboxylic acids is 3. The highest BCUT2D eigenvalue weighted by atomic mass is 35.5. The number of hydrogen-bond donors (Lipinski definition) is 3. The SMILES string of the molecule is O=C(CCC(=O)Nc1ccccc1Cl)NNC(=O)CC1CCCC1. The number of halogens is 1. The molecule has 3 amide bonds. The predicted molar refractivity (Wildman–Crippen MR) is 92.2 cm³/mol. The number of hydrogen-bond acceptors (Lipinski definition) is 3. The van der Waals surface area contributed by atoms with Crippen LogP contribution in [0.2, 0.25) is 5.02 Å². The zero-order valence-electron chi connectivity index (χ0n) is 13.4. The van der Waals surface area contributed by atoms with Crippen molar-refractivity contribution in [3.05, 3.63) is 29.3 Å². The Morgan fingerprint density at radius 3 is 2.29 bits per heavy atom. The Labute approximate surface area is 146 Å². The number of carbonyl (C=O) groups is 3. The van der Waals surface area contributed by atoms with Gasteiger partial charge in [0, 0.05) is 19.3 Å². The van der Waals surface area contributed by atoms with E-state index in [9.17, 15) is 14.4 Å². The second-order valence-corrected chi connectivity index (χ2v) is 6.39. The normalized spacial score (nSPS) is 14.2. The summed E-state index contributed by atoms with van der Waals surface area (Å²) in [4.78, 5) is 35.2. The van der Waals surface area contributed by atoms with Crippen LogP contribution < -0.4 is 16.2 Å². The van der Waals surface area contributed by atoms with Crippen molar-refractivity contribution < 1.29 is 14.4 Å². The Balaban J connectivity index is 1.62. The summed E-state index contributed by atoms with van der Waals surface area (Å²) in [5.74, 6) is -0.473. The van der Waals surface area contributed by atoms with E-state index in [1.165, 1.54) is 12.8 Å². The fourth-order valence-electron chi connectivity index (χ4n) is 2.73. The molecule has 0 unspecified atom stereocenters. The second-order valence-electron chi connectivity index (χ2n) is 5.98. The van der Waals surface area contributed by atoms with Gasteiger partial charge in [-0.2, -0.15) is 0 Å². The van der Waals surface area contributed by atoms with Crippen molar-refractivity contribution in [1.82, 2.24) is 10.9 Å². The lowest BCUT2D eigenvalue weighted by Gasteiger charge is -2.11. The quantitative estimate of drug-likeness (QED) is 0.689. The minimum absolute atomic E-state index is 0.00948. The molecule has 0 spiro atoms. The molecule has 3 N–H and O–H groups in total. The highest BCUT2D eigenvalue weighted by molar-refractivity contribution is 6.33. The smallest absolute Gasteiger partial charge is 0.238 e. The average Bonchev–Trinajstić information content (AvgIpc) is 3.06. The number of para-hydroxylation sites is 1. The summed E-state index contributed by atoms with van der Waals surface area (Å²) in [5.41, 5.74) is 5.25. The molecule has 7 heteroatoms. The van der Waals surface area contributed by atoms with Gasteiger partial charge < -0.3 is 5.32 Å². The topological polar surface area (TPSA) is 87.3 Å². The first-order valence-electron chi connectivity index (χ1n) is 8.16. The van der Waals surface area contributed by atoms with Crippen LogP contribution in [0.25, 0.3) is 0 Å². The summed E-state index contributed by atoms with van der Waals surface area (Å²) in [7, 11) is 0. The van der Waals surface area contributed by atoms with Gasteiger partial charge >= 0.3 is 0 Å². The standard InChI is InChI=1S/C17H22ClN3O3/c18-13-7-3-4-8-14(13)19-15(22)9-10-16(23)20-21-17(24)11-12-5-1-2-6-12/h3-4,7-8,12H,1-2,5-6,9-11H2,(H,19,22)(H,20,23)(H,21,24). The van der Waals surface area contributed by atoms with Crippen molar-refractivity contribution in [3.63, 3.8) is 0 Å². The largest absolute Gasteiger partial charge is 0.325 e. The molecule has 1 saturated carbocycles. The lowest BCUT2D eigenvalue weighted by atomic mass is 10.0. The van der Waals surface area contributed by atoms with Gasteiger partial charge in [0.15, 0.2) is 0 Å². The molecular formula is C17H22ClN3O3. The predicted octanol–water partition coefficient (Wildman–Crippen LogP) is 2.79. The summed E-state index contributed by atoms with van der Waals surface area (Å²) in [6.07, 6.45) is 4.92. The van der Waals surface area contributed by atoms with Crippen LogP contribution in [0.1, 0.15) is 44.9 Å². The molecule has 1 aliphatic carbocycles. The molecule has 2 rings (SSSR count). The Kier molecular flexibility index (Phi) is 7.06. The fourth-order valence-corrected chi connectivity index (χ4v) is 2.91. The molecule has 1 aromatic carbocycles. The van der Waals surface area contributed by atoms with Gasteiger partial charge in [-0.1, -0.05) is 36.6 Å². The van der Waals surface area contributed by atoms with Gasteiger partial charge in [-0.15, -0.1) is 0 Å². The Hall–Kier alpha value is -2.08. The molecule has 0 atom stereocenters. The van der Waals surface area contributed by atoms with Crippen LogP contribution in [0.3, 0.4) is 0 Å². The van der Waals surface area contributed by atoms with Gasteiger partial charge in [0.1, 0.15) is 0 Å². The molecule has 6 nitrogen and oxygen atoms in total. The van der Waals surface area contributed by atoms with Crippen LogP contribution >= 0.6 is 11.6 Å². The number of hydrazine groups is 1. The zero-order chi connectivity index (χ0) is 17.4. The molecule has 1 fully saturated rings. The van der Waals surface area contributed by atoms with Crippen LogP contribution in [-0.2, 0) is 14.4 Å². The first-order valence-corrected chi connectivity index (χ1v) is 8.54. The lowest BCUT2D eigenvalue weighted by molar-refractivity contribution is -0.130. The van der Waals surface area contributed by atoms with E-state index in [1.807, 2.05) is 0 Å². The van der Waals surface area contributed by atoms with Gasteiger partial charge in [0.2, 0.25) is 17.7 Å². The van der Waals surface area contributed by atoms with E-state index in [0.29, 0.717) is 23.0 Å². The van der Waals surface area contributed by atoms with E-state index in [1.54, 1.807) is 24.3 Å². The van der Waals surface area contributed by atoms with Crippen molar-refractivity contribution >= 4 is 35.0 Å². The average molecular weight is 352 g/mol. The Morgan fingerprint density at radius 1 is 0.958 bits per heavy atom. The molecule has 0 heterocycles. The third-order valence-electron chi connectivity index (χ3n) is 4.02. The van der Waals surface area contributed by atoms with Gasteiger partial charge in [-0.05, 0) is 30.9 Å². The summed E-state index contributed by atoms with van der Waals surface area (Å²) in [5, 5.41) is 3.08. The molecule has 0 aromatic heterocycles. The minimum atomic E-state index is -0.399. The maximum Gasteiger partial charge on any atom is 0.238 e. The molecule has 24 heavy (non-hydrogen) atoms. The summed E-state index contributed by atoms with van der Waals surface area (Å²) >= 11 is 5.94. The summed E-state index contributed by atoms with van der Waals surface area (Å²) in [6, 6.07) is 6.88. The van der Waals surface area contributed by atoms with E-state index in [4.69, 9.17) is 11.6 Å². The van der Waals surface area contributed by atoms with E-state index < -0.39 is 5.91 Å². The number of rotatable bonds is 6. The van der Waals surface area contributed by atoms with Gasteiger partial charge in [-0.25, -0.2) is 0 Å². The van der Waals surface area contributed by atoms with Crippen LogP contribution in [0, 0.1) is 5.92 Å². The Morgan fingerprint density at radius 2 is 1.58 bits per heavy atom. The molecule has 1 aliphatic rings. The molecule has 0 bridgehead atoms. The van der Waals surface area contributed by atoms with Gasteiger partial charge in [0.05, 0.1) is 10.7 Å². The monoisotopic (exact) mass is 351 g/mol. The zero-order valence-corrected chi connectivity index (χ0v) is 14.2. The molecular weight excluding hydrogens is 330 g/mol. The number of anilines is 1. The summed E-state index contributed by atoms with van der Waals surface area (Å²) in [6.45, 7) is 0. The van der Waals surface area contributed by atoms with Gasteiger partial charge in [0.25, 0.3) is 0 Å². The summed E-state index contributed by atoms with van der Waals surface area (Å²) < 4.78 is 0. The molecule has 1 aromatic rings. The van der Waals surface area contributed by atoms with Crippen molar-refractivity contribution in [3.8, 4) is 0 Å². The van der Waals surface area contributed by atoms with Crippen LogP contribution in [0.15, 0.2) is 24.3 Å². The van der Waals surface area contributed by atoms with Crippen LogP contribution in [0.4, 0.5) is 5.69 Å². The first kappa shape index (κ1) is 18.3. The fraction of sp³-hybridized carbons (Fsp3) is 0.471. The molecule has 0 saturated heterocycles. The Bertz CT molecular complexity index is 600. The van der Waals surface area contributed by atoms with Crippen LogP contribution in [0.5, 0.6) is 0 Å². The van der Waals surface area contributed by atoms with Crippen LogP contribution in [-0.4, -0.2) is 17.7 Å². The second kappa shape index (κ2) is 9.27. The maximum atomic E-state index is 11.8. The first-order chi connectivity index (χ1) is 11.5. The van der Waals surface area contributed by atoms with Crippen molar-refractivity contribution in [2.24, 2.45) is 5.92 Å². The van der Waals surface area contributed by atoms with Gasteiger partial charge in [-0.3, -0.25) is 25.2 Å². The highest BCUT2D eigenvalue weighted by Gasteiger charge is 2.18. The van der Waals surface area contributed by atoms with Crippen molar-refractivity contribution in [2.45, 2.75) is 44.9 Å². The number of benzene rings is 1. The number of nitrogens with one attached hydrogen (secondary N) is 3. The lowest BCUT2D eigenvalue weighted by Crippen LogP contribution is -2.42. The van der Waals surface area contributed by atoms with E-state index in [-0.39, 0.29) is 24.7 Å².